The van der Waals surface area contributed by atoms with Crippen molar-refractivity contribution < 1.29 is 23.1 Å². The maximum absolute atomic E-state index is 12.7. The second kappa shape index (κ2) is 7.91. The molecule has 9 heteroatoms. The van der Waals surface area contributed by atoms with Crippen LogP contribution in [0.3, 0.4) is 0 Å². The number of ether oxygens (including phenoxy) is 1. The van der Waals surface area contributed by atoms with Gasteiger partial charge in [0.25, 0.3) is 0 Å². The Balaban J connectivity index is 1.92. The predicted molar refractivity (Wildman–Crippen MR) is 112 cm³/mol. The lowest BCUT2D eigenvalue weighted by molar-refractivity contribution is 0.0591. The number of anilines is 1. The SMILES string of the molecule is COC(=O)c1nc(N2CCCCS2(=O)=O)c2cc(Cc3ccccc3)cnc2c1O. The van der Waals surface area contributed by atoms with Gasteiger partial charge < -0.3 is 9.84 Å². The minimum absolute atomic E-state index is 0.00173. The van der Waals surface area contributed by atoms with Crippen molar-refractivity contribution in [3.8, 4) is 5.75 Å². The van der Waals surface area contributed by atoms with Gasteiger partial charge in [0.2, 0.25) is 10.0 Å². The van der Waals surface area contributed by atoms with Crippen molar-refractivity contribution in [2.24, 2.45) is 0 Å². The maximum atomic E-state index is 12.7. The molecule has 2 aromatic heterocycles. The van der Waals surface area contributed by atoms with Crippen LogP contribution < -0.4 is 4.31 Å². The normalized spacial score (nSPS) is 15.8. The number of methoxy groups -OCH3 is 1. The fourth-order valence-electron chi connectivity index (χ4n) is 3.58. The van der Waals surface area contributed by atoms with Gasteiger partial charge in [-0.2, -0.15) is 0 Å². The third-order valence-electron chi connectivity index (χ3n) is 5.07. The first kappa shape index (κ1) is 20.1. The number of nitrogens with zero attached hydrogens (tertiary/aromatic N) is 3. The van der Waals surface area contributed by atoms with Gasteiger partial charge in [-0.15, -0.1) is 0 Å². The summed E-state index contributed by atoms with van der Waals surface area (Å²) in [4.78, 5) is 20.7. The molecule has 1 N–H and O–H groups in total. The second-order valence-corrected chi connectivity index (χ2v) is 9.13. The van der Waals surface area contributed by atoms with Crippen LogP contribution in [0.15, 0.2) is 42.6 Å². The molecular weight excluding hydrogens is 406 g/mol. The zero-order valence-corrected chi connectivity index (χ0v) is 17.2. The minimum atomic E-state index is -3.59. The molecule has 0 radical (unpaired) electrons. The van der Waals surface area contributed by atoms with Gasteiger partial charge in [-0.25, -0.2) is 18.2 Å². The number of pyridine rings is 2. The van der Waals surface area contributed by atoms with Gasteiger partial charge in [-0.05, 0) is 36.5 Å². The maximum Gasteiger partial charge on any atom is 0.360 e. The summed E-state index contributed by atoms with van der Waals surface area (Å²) in [6.07, 6.45) is 3.42. The van der Waals surface area contributed by atoms with E-state index in [0.29, 0.717) is 24.6 Å². The van der Waals surface area contributed by atoms with E-state index in [1.165, 1.54) is 11.4 Å². The summed E-state index contributed by atoms with van der Waals surface area (Å²) in [7, 11) is -2.42. The fraction of sp³-hybridized carbons (Fsp3) is 0.286. The quantitative estimate of drug-likeness (QED) is 0.638. The molecule has 3 aromatic rings. The standard InChI is InChI=1S/C21H21N3O5S/c1-29-21(26)18-19(25)17-16(20(23-18)24-9-5-6-10-30(24,27)28)12-15(13-22-17)11-14-7-3-2-4-8-14/h2-4,7-8,12-13,25H,5-6,9-11H2,1H3. The van der Waals surface area contributed by atoms with Gasteiger partial charge in [-0.1, -0.05) is 30.3 Å². The Labute approximate surface area is 174 Å². The van der Waals surface area contributed by atoms with Gasteiger partial charge in [0.1, 0.15) is 5.52 Å². The number of fused-ring (bicyclic) bond motifs is 1. The Morgan fingerprint density at radius 1 is 1.20 bits per heavy atom. The van der Waals surface area contributed by atoms with E-state index in [0.717, 1.165) is 11.1 Å². The molecular formula is C21H21N3O5S. The predicted octanol–water partition coefficient (Wildman–Crippen LogP) is 2.64. The smallest absolute Gasteiger partial charge is 0.360 e. The second-order valence-electron chi connectivity index (χ2n) is 7.12. The molecule has 0 unspecified atom stereocenters. The Morgan fingerprint density at radius 2 is 1.97 bits per heavy atom. The Bertz CT molecular complexity index is 1210. The molecule has 0 saturated carbocycles. The number of aromatic nitrogens is 2. The topological polar surface area (TPSA) is 110 Å². The third kappa shape index (κ3) is 3.68. The summed E-state index contributed by atoms with van der Waals surface area (Å²) in [5, 5.41) is 11.0. The van der Waals surface area contributed by atoms with E-state index in [1.807, 2.05) is 30.3 Å². The van der Waals surface area contributed by atoms with E-state index in [9.17, 15) is 18.3 Å². The first-order chi connectivity index (χ1) is 14.4. The average Bonchev–Trinajstić information content (AvgIpc) is 2.74. The number of hydrogen-bond acceptors (Lipinski definition) is 7. The number of hydrogen-bond donors (Lipinski definition) is 1. The van der Waals surface area contributed by atoms with E-state index in [2.05, 4.69) is 9.97 Å². The van der Waals surface area contributed by atoms with Crippen molar-refractivity contribution in [2.45, 2.75) is 19.3 Å². The molecule has 0 atom stereocenters. The van der Waals surface area contributed by atoms with Crippen LogP contribution in [0, 0.1) is 0 Å². The molecule has 1 fully saturated rings. The van der Waals surface area contributed by atoms with Crippen molar-refractivity contribution in [3.63, 3.8) is 0 Å². The highest BCUT2D eigenvalue weighted by molar-refractivity contribution is 7.92. The van der Waals surface area contributed by atoms with E-state index in [1.54, 1.807) is 12.3 Å². The summed E-state index contributed by atoms with van der Waals surface area (Å²) < 4.78 is 31.4. The van der Waals surface area contributed by atoms with Crippen molar-refractivity contribution in [2.75, 3.05) is 23.7 Å². The molecule has 156 valence electrons. The minimum Gasteiger partial charge on any atom is -0.504 e. The molecule has 0 bridgehead atoms. The lowest BCUT2D eigenvalue weighted by atomic mass is 10.0. The van der Waals surface area contributed by atoms with Crippen molar-refractivity contribution in [1.29, 1.82) is 0 Å². The monoisotopic (exact) mass is 427 g/mol. The van der Waals surface area contributed by atoms with Crippen molar-refractivity contribution in [3.05, 3.63) is 59.4 Å². The summed E-state index contributed by atoms with van der Waals surface area (Å²) in [5.74, 6) is -1.20. The van der Waals surface area contributed by atoms with E-state index in [4.69, 9.17) is 4.74 Å². The zero-order chi connectivity index (χ0) is 21.3. The zero-order valence-electron chi connectivity index (χ0n) is 16.4. The largest absolute Gasteiger partial charge is 0.504 e. The third-order valence-corrected chi connectivity index (χ3v) is 6.90. The number of esters is 1. The first-order valence-corrected chi connectivity index (χ1v) is 11.2. The number of aromatic hydroxyl groups is 1. The molecule has 0 spiro atoms. The number of carbonyl (C=O) groups excluding carboxylic acids is 1. The van der Waals surface area contributed by atoms with Crippen LogP contribution >= 0.6 is 0 Å². The molecule has 4 rings (SSSR count). The number of sulfonamides is 1. The summed E-state index contributed by atoms with van der Waals surface area (Å²) in [5.41, 5.74) is 1.65. The van der Waals surface area contributed by atoms with Gasteiger partial charge in [0.15, 0.2) is 17.3 Å². The fourth-order valence-corrected chi connectivity index (χ4v) is 5.18. The van der Waals surface area contributed by atoms with Crippen LogP contribution in [0.5, 0.6) is 5.75 Å². The van der Waals surface area contributed by atoms with Crippen LogP contribution in [0.1, 0.15) is 34.5 Å². The molecule has 1 aromatic carbocycles. The van der Waals surface area contributed by atoms with Gasteiger partial charge in [-0.3, -0.25) is 9.29 Å². The first-order valence-electron chi connectivity index (χ1n) is 9.55. The molecule has 3 heterocycles. The Hall–Kier alpha value is -3.20. The number of carbonyl (C=O) groups is 1. The van der Waals surface area contributed by atoms with Crippen LogP contribution in [0.25, 0.3) is 10.9 Å². The lowest BCUT2D eigenvalue weighted by Gasteiger charge is -2.28. The van der Waals surface area contributed by atoms with E-state index in [-0.39, 0.29) is 29.3 Å². The average molecular weight is 427 g/mol. The Morgan fingerprint density at radius 3 is 2.67 bits per heavy atom. The molecule has 0 aliphatic carbocycles. The highest BCUT2D eigenvalue weighted by Gasteiger charge is 2.31. The van der Waals surface area contributed by atoms with E-state index >= 15 is 0 Å². The number of benzene rings is 1. The number of rotatable bonds is 4. The van der Waals surface area contributed by atoms with Crippen molar-refractivity contribution in [1.82, 2.24) is 9.97 Å². The van der Waals surface area contributed by atoms with E-state index < -0.39 is 21.7 Å². The summed E-state index contributed by atoms with van der Waals surface area (Å²) in [6.45, 7) is 0.249. The molecule has 30 heavy (non-hydrogen) atoms. The highest BCUT2D eigenvalue weighted by Crippen LogP contribution is 2.36. The van der Waals surface area contributed by atoms with Crippen molar-refractivity contribution >= 4 is 32.7 Å². The lowest BCUT2D eigenvalue weighted by Crippen LogP contribution is -2.38. The van der Waals surface area contributed by atoms with Crippen LogP contribution in [-0.4, -0.2) is 48.9 Å². The molecule has 1 aliphatic heterocycles. The van der Waals surface area contributed by atoms with Gasteiger partial charge in [0.05, 0.1) is 12.9 Å². The van der Waals surface area contributed by atoms with Gasteiger partial charge >= 0.3 is 5.97 Å². The molecule has 8 nitrogen and oxygen atoms in total. The molecule has 1 aliphatic rings. The van der Waals surface area contributed by atoms with Crippen LogP contribution in [0.4, 0.5) is 5.82 Å². The summed E-state index contributed by atoms with van der Waals surface area (Å²) >= 11 is 0. The molecule has 0 amide bonds. The van der Waals surface area contributed by atoms with Crippen LogP contribution in [0.2, 0.25) is 0 Å². The Kier molecular flexibility index (Phi) is 5.29. The van der Waals surface area contributed by atoms with Gasteiger partial charge in [0, 0.05) is 18.1 Å². The summed E-state index contributed by atoms with van der Waals surface area (Å²) in [6, 6.07) is 11.5. The highest BCUT2D eigenvalue weighted by atomic mass is 32.2. The molecule has 1 saturated heterocycles. The van der Waals surface area contributed by atoms with Crippen LogP contribution in [-0.2, 0) is 21.2 Å².